The Bertz CT molecular complexity index is 1360. The molecule has 1 heterocycles. The lowest BCUT2D eigenvalue weighted by Gasteiger charge is -2.20. The summed E-state index contributed by atoms with van der Waals surface area (Å²) in [5.74, 6) is 0.102. The lowest BCUT2D eigenvalue weighted by atomic mass is 10.1. The molecule has 0 spiro atoms. The van der Waals surface area contributed by atoms with Gasteiger partial charge in [-0.2, -0.15) is 4.72 Å². The van der Waals surface area contributed by atoms with Crippen LogP contribution in [0.15, 0.2) is 77.7 Å². The number of nitrogens with zero attached hydrogens (tertiary/aromatic N) is 1. The number of ether oxygens (including phenoxy) is 1. The molecular weight excluding hydrogens is 478 g/mol. The molecule has 0 unspecified atom stereocenters. The molecule has 1 atom stereocenters. The van der Waals surface area contributed by atoms with E-state index in [4.69, 9.17) is 4.74 Å². The Labute approximate surface area is 211 Å². The number of sulfonamides is 1. The van der Waals surface area contributed by atoms with Crippen LogP contribution in [0.4, 0.5) is 5.69 Å². The van der Waals surface area contributed by atoms with Gasteiger partial charge in [0.1, 0.15) is 11.8 Å². The van der Waals surface area contributed by atoms with Crippen molar-refractivity contribution in [3.63, 3.8) is 0 Å². The van der Waals surface area contributed by atoms with Gasteiger partial charge in [-0.3, -0.25) is 9.59 Å². The van der Waals surface area contributed by atoms with Gasteiger partial charge >= 0.3 is 0 Å². The fourth-order valence-corrected chi connectivity index (χ4v) is 5.57. The van der Waals surface area contributed by atoms with Gasteiger partial charge in [-0.05, 0) is 48.2 Å². The maximum atomic E-state index is 13.3. The third-order valence-corrected chi connectivity index (χ3v) is 7.65. The largest absolute Gasteiger partial charge is 0.496 e. The van der Waals surface area contributed by atoms with E-state index < -0.39 is 22.0 Å². The number of benzene rings is 3. The molecule has 9 heteroatoms. The first-order valence-corrected chi connectivity index (χ1v) is 13.1. The van der Waals surface area contributed by atoms with Crippen molar-refractivity contribution in [2.45, 2.75) is 37.2 Å². The van der Waals surface area contributed by atoms with E-state index in [0.29, 0.717) is 18.7 Å². The third kappa shape index (κ3) is 5.75. The molecule has 0 saturated carbocycles. The molecule has 0 aliphatic carbocycles. The van der Waals surface area contributed by atoms with Gasteiger partial charge in [-0.1, -0.05) is 48.5 Å². The van der Waals surface area contributed by atoms with Crippen molar-refractivity contribution >= 4 is 27.5 Å². The lowest BCUT2D eigenvalue weighted by molar-refractivity contribution is -0.123. The minimum atomic E-state index is -4.02. The SMILES string of the molecule is COc1ccccc1CNC(=O)[C@@H](Cc1ccccc1)NS(=O)(=O)c1ccc2c(c1)CCN2C(C)=O. The lowest BCUT2D eigenvalue weighted by Crippen LogP contribution is -2.47. The van der Waals surface area contributed by atoms with E-state index in [2.05, 4.69) is 10.0 Å². The number of fused-ring (bicyclic) bond motifs is 1. The first-order valence-electron chi connectivity index (χ1n) is 11.7. The van der Waals surface area contributed by atoms with Gasteiger partial charge in [-0.15, -0.1) is 0 Å². The summed E-state index contributed by atoms with van der Waals surface area (Å²) in [6.07, 6.45) is 0.756. The number of amides is 2. The zero-order valence-electron chi connectivity index (χ0n) is 20.2. The van der Waals surface area contributed by atoms with Crippen molar-refractivity contribution in [2.75, 3.05) is 18.6 Å². The Morgan fingerprint density at radius 3 is 2.47 bits per heavy atom. The first kappa shape index (κ1) is 25.4. The van der Waals surface area contributed by atoms with Gasteiger partial charge in [-0.25, -0.2) is 8.42 Å². The number of nitrogens with one attached hydrogen (secondary N) is 2. The molecule has 0 saturated heterocycles. The smallest absolute Gasteiger partial charge is 0.241 e. The summed E-state index contributed by atoms with van der Waals surface area (Å²) in [4.78, 5) is 26.7. The van der Waals surface area contributed by atoms with Gasteiger partial charge in [0.2, 0.25) is 21.8 Å². The number of methoxy groups -OCH3 is 1. The monoisotopic (exact) mass is 507 g/mol. The Morgan fingerprint density at radius 1 is 1.03 bits per heavy atom. The van der Waals surface area contributed by atoms with Gasteiger partial charge < -0.3 is 15.0 Å². The molecule has 0 radical (unpaired) electrons. The molecule has 0 bridgehead atoms. The number of hydrogen-bond acceptors (Lipinski definition) is 5. The number of para-hydroxylation sites is 1. The molecule has 2 amide bonds. The molecule has 1 aliphatic heterocycles. The quantitative estimate of drug-likeness (QED) is 0.464. The molecule has 3 aromatic carbocycles. The van der Waals surface area contributed by atoms with Gasteiger partial charge in [0.05, 0.1) is 12.0 Å². The molecule has 1 aliphatic rings. The van der Waals surface area contributed by atoms with E-state index in [9.17, 15) is 18.0 Å². The van der Waals surface area contributed by atoms with Crippen LogP contribution in [0.25, 0.3) is 0 Å². The van der Waals surface area contributed by atoms with Crippen molar-refractivity contribution in [2.24, 2.45) is 0 Å². The van der Waals surface area contributed by atoms with Crippen LogP contribution in [0.2, 0.25) is 0 Å². The Kier molecular flexibility index (Phi) is 7.71. The summed E-state index contributed by atoms with van der Waals surface area (Å²) in [6, 6.07) is 20.2. The van der Waals surface area contributed by atoms with Crippen molar-refractivity contribution in [3.05, 3.63) is 89.5 Å². The van der Waals surface area contributed by atoms with Crippen molar-refractivity contribution in [1.82, 2.24) is 10.0 Å². The highest BCUT2D eigenvalue weighted by atomic mass is 32.2. The van der Waals surface area contributed by atoms with Crippen molar-refractivity contribution in [1.29, 1.82) is 0 Å². The predicted octanol–water partition coefficient (Wildman–Crippen LogP) is 2.81. The summed E-state index contributed by atoms with van der Waals surface area (Å²) in [5, 5.41) is 2.84. The van der Waals surface area contributed by atoms with E-state index in [-0.39, 0.29) is 23.8 Å². The summed E-state index contributed by atoms with van der Waals surface area (Å²) < 4.78 is 34.6. The fourth-order valence-electron chi connectivity index (χ4n) is 4.32. The van der Waals surface area contributed by atoms with E-state index in [1.165, 1.54) is 13.0 Å². The van der Waals surface area contributed by atoms with Crippen LogP contribution in [0.3, 0.4) is 0 Å². The van der Waals surface area contributed by atoms with Gasteiger partial charge in [0, 0.05) is 31.3 Å². The van der Waals surface area contributed by atoms with Crippen molar-refractivity contribution < 1.29 is 22.7 Å². The molecular formula is C27H29N3O5S. The average molecular weight is 508 g/mol. The predicted molar refractivity (Wildman–Crippen MR) is 137 cm³/mol. The van der Waals surface area contributed by atoms with Gasteiger partial charge in [0.25, 0.3) is 0 Å². The van der Waals surface area contributed by atoms with E-state index >= 15 is 0 Å². The minimum Gasteiger partial charge on any atom is -0.496 e. The molecule has 188 valence electrons. The standard InChI is InChI=1S/C27H29N3O5S/c1-19(31)30-15-14-21-17-23(12-13-25(21)30)36(33,34)29-24(16-20-8-4-3-5-9-20)27(32)28-18-22-10-6-7-11-26(22)35-2/h3-13,17,24,29H,14-16,18H2,1-2H3,(H,28,32)/t24-/m1/s1. The number of rotatable bonds is 9. The number of hydrogen-bond donors (Lipinski definition) is 2. The Balaban J connectivity index is 1.55. The van der Waals surface area contributed by atoms with Crippen LogP contribution >= 0.6 is 0 Å². The average Bonchev–Trinajstić information content (AvgIpc) is 3.31. The third-order valence-electron chi connectivity index (χ3n) is 6.18. The van der Waals surface area contributed by atoms with Crippen LogP contribution in [-0.4, -0.2) is 39.9 Å². The second-order valence-corrected chi connectivity index (χ2v) is 10.3. The maximum Gasteiger partial charge on any atom is 0.241 e. The molecule has 4 rings (SSSR count). The van der Waals surface area contributed by atoms with Crippen LogP contribution in [0.5, 0.6) is 5.75 Å². The molecule has 2 N–H and O–H groups in total. The molecule has 36 heavy (non-hydrogen) atoms. The van der Waals surface area contributed by atoms with Crippen LogP contribution in [0.1, 0.15) is 23.6 Å². The van der Waals surface area contributed by atoms with E-state index in [1.807, 2.05) is 48.5 Å². The summed E-state index contributed by atoms with van der Waals surface area (Å²) in [6.45, 7) is 2.19. The first-order chi connectivity index (χ1) is 17.3. The molecule has 8 nitrogen and oxygen atoms in total. The maximum absolute atomic E-state index is 13.3. The number of carbonyl (C=O) groups excluding carboxylic acids is 2. The second-order valence-electron chi connectivity index (χ2n) is 8.60. The minimum absolute atomic E-state index is 0.0576. The number of carbonyl (C=O) groups is 2. The molecule has 3 aromatic rings. The molecule has 0 aromatic heterocycles. The highest BCUT2D eigenvalue weighted by molar-refractivity contribution is 7.89. The highest BCUT2D eigenvalue weighted by Gasteiger charge is 2.29. The van der Waals surface area contributed by atoms with Crippen LogP contribution in [-0.2, 0) is 39.0 Å². The Hall–Kier alpha value is -3.69. The van der Waals surface area contributed by atoms with Crippen LogP contribution < -0.4 is 19.7 Å². The highest BCUT2D eigenvalue weighted by Crippen LogP contribution is 2.30. The van der Waals surface area contributed by atoms with E-state index in [0.717, 1.165) is 22.4 Å². The topological polar surface area (TPSA) is 105 Å². The van der Waals surface area contributed by atoms with E-state index in [1.54, 1.807) is 30.2 Å². The second kappa shape index (κ2) is 10.9. The number of anilines is 1. The summed E-state index contributed by atoms with van der Waals surface area (Å²) in [7, 11) is -2.46. The van der Waals surface area contributed by atoms with Crippen LogP contribution in [0, 0.1) is 0 Å². The fraction of sp³-hybridized carbons (Fsp3) is 0.259. The zero-order chi connectivity index (χ0) is 25.7. The Morgan fingerprint density at radius 2 is 1.75 bits per heavy atom. The van der Waals surface area contributed by atoms with Gasteiger partial charge in [0.15, 0.2) is 0 Å². The zero-order valence-corrected chi connectivity index (χ0v) is 21.0. The summed E-state index contributed by atoms with van der Waals surface area (Å²) in [5.41, 5.74) is 3.11. The summed E-state index contributed by atoms with van der Waals surface area (Å²) >= 11 is 0. The molecule has 0 fully saturated rings. The van der Waals surface area contributed by atoms with Crippen molar-refractivity contribution in [3.8, 4) is 5.75 Å². The normalized spacial score (nSPS) is 13.7.